The molecule has 2 heterocycles. The summed E-state index contributed by atoms with van der Waals surface area (Å²) in [6.45, 7) is 4.87. The van der Waals surface area contributed by atoms with Gasteiger partial charge in [-0.25, -0.2) is 4.99 Å². The third kappa shape index (κ3) is 5.65. The smallest absolute Gasteiger partial charge is 0.218 e. The van der Waals surface area contributed by atoms with Gasteiger partial charge >= 0.3 is 0 Å². The van der Waals surface area contributed by atoms with Crippen LogP contribution in [0, 0.1) is 0 Å². The maximum Gasteiger partial charge on any atom is 0.218 e. The highest BCUT2D eigenvalue weighted by molar-refractivity contribution is 6.30. The Morgan fingerprint density at radius 2 is 2.00 bits per heavy atom. The van der Waals surface area contributed by atoms with Gasteiger partial charge in [-0.1, -0.05) is 23.7 Å². The number of methoxy groups -OCH3 is 1. The van der Waals surface area contributed by atoms with E-state index in [0.717, 1.165) is 16.7 Å². The standard InChI is InChI=1S/C23H27ClN2O4/c1-23(2,28)21(15-4-6-17(24)7-5-15)12-19(27)11-18-10-16-13-26-22(20(16)14-25-18)30-9-8-29-3/h4-7,10,14,21,28H,8-9,11-13H2,1-3H3. The first-order valence-electron chi connectivity index (χ1n) is 9.92. The van der Waals surface area contributed by atoms with E-state index >= 15 is 0 Å². The van der Waals surface area contributed by atoms with E-state index in [0.29, 0.717) is 36.4 Å². The molecule has 0 bridgehead atoms. The van der Waals surface area contributed by atoms with Crippen LogP contribution in [0.5, 0.6) is 0 Å². The SMILES string of the molecule is COCCOC1=NCc2cc(CC(=O)CC(c3ccc(Cl)cc3)C(C)(C)O)ncc21. The van der Waals surface area contributed by atoms with E-state index in [2.05, 4.69) is 9.98 Å². The Balaban J connectivity index is 1.66. The highest BCUT2D eigenvalue weighted by atomic mass is 35.5. The average Bonchev–Trinajstić information content (AvgIpc) is 3.09. The van der Waals surface area contributed by atoms with Crippen LogP contribution in [0.3, 0.4) is 0 Å². The number of ketones is 1. The van der Waals surface area contributed by atoms with Crippen molar-refractivity contribution < 1.29 is 19.4 Å². The van der Waals surface area contributed by atoms with Crippen LogP contribution in [0.25, 0.3) is 0 Å². The maximum absolute atomic E-state index is 12.8. The first-order valence-corrected chi connectivity index (χ1v) is 10.3. The number of carbonyl (C=O) groups excluding carboxylic acids is 1. The average molecular weight is 431 g/mol. The summed E-state index contributed by atoms with van der Waals surface area (Å²) in [5, 5.41) is 11.2. The van der Waals surface area contributed by atoms with Gasteiger partial charge in [-0.2, -0.15) is 0 Å². The van der Waals surface area contributed by atoms with E-state index in [9.17, 15) is 9.90 Å². The van der Waals surface area contributed by atoms with Crippen molar-refractivity contribution in [3.8, 4) is 0 Å². The van der Waals surface area contributed by atoms with E-state index in [-0.39, 0.29) is 24.5 Å². The molecule has 1 unspecified atom stereocenters. The maximum atomic E-state index is 12.8. The van der Waals surface area contributed by atoms with Crippen LogP contribution in [0.2, 0.25) is 5.02 Å². The second-order valence-corrected chi connectivity index (χ2v) is 8.41. The molecule has 1 aromatic heterocycles. The molecule has 1 aliphatic rings. The molecule has 2 aromatic rings. The molecule has 0 aliphatic carbocycles. The minimum Gasteiger partial charge on any atom is -0.475 e. The third-order valence-corrected chi connectivity index (χ3v) is 5.38. The fourth-order valence-corrected chi connectivity index (χ4v) is 3.65. The number of hydrogen-bond donors (Lipinski definition) is 1. The van der Waals surface area contributed by atoms with Gasteiger partial charge in [0.1, 0.15) is 12.4 Å². The van der Waals surface area contributed by atoms with Crippen molar-refractivity contribution in [3.05, 3.63) is 63.9 Å². The largest absolute Gasteiger partial charge is 0.475 e. The quantitative estimate of drug-likeness (QED) is 0.613. The lowest BCUT2D eigenvalue weighted by molar-refractivity contribution is -0.120. The van der Waals surface area contributed by atoms with Crippen molar-refractivity contribution in [1.82, 2.24) is 4.98 Å². The number of hydrogen-bond acceptors (Lipinski definition) is 6. The molecule has 3 rings (SSSR count). The zero-order valence-electron chi connectivity index (χ0n) is 17.5. The Hall–Kier alpha value is -2.28. The Bertz CT molecular complexity index is 920. The van der Waals surface area contributed by atoms with Gasteiger partial charge in [-0.15, -0.1) is 0 Å². The number of aliphatic hydroxyl groups is 1. The first-order chi connectivity index (χ1) is 14.3. The molecule has 0 amide bonds. The summed E-state index contributed by atoms with van der Waals surface area (Å²) < 4.78 is 10.6. The fraction of sp³-hybridized carbons (Fsp3) is 0.435. The number of halogens is 1. The first kappa shape index (κ1) is 22.4. The molecule has 1 atom stereocenters. The minimum atomic E-state index is -1.04. The highest BCUT2D eigenvalue weighted by Crippen LogP contribution is 2.32. The predicted octanol–water partition coefficient (Wildman–Crippen LogP) is 3.71. The molecular weight excluding hydrogens is 404 g/mol. The van der Waals surface area contributed by atoms with E-state index < -0.39 is 5.60 Å². The summed E-state index contributed by atoms with van der Waals surface area (Å²) in [6.07, 6.45) is 2.13. The Morgan fingerprint density at radius 3 is 2.67 bits per heavy atom. The van der Waals surface area contributed by atoms with E-state index in [4.69, 9.17) is 21.1 Å². The molecular formula is C23H27ClN2O4. The molecule has 6 nitrogen and oxygen atoms in total. The fourth-order valence-electron chi connectivity index (χ4n) is 3.53. The summed E-state index contributed by atoms with van der Waals surface area (Å²) in [4.78, 5) is 21.6. The van der Waals surface area contributed by atoms with Crippen molar-refractivity contribution in [2.75, 3.05) is 20.3 Å². The zero-order chi connectivity index (χ0) is 21.7. The number of rotatable bonds is 9. The van der Waals surface area contributed by atoms with Crippen LogP contribution in [0.4, 0.5) is 0 Å². The molecule has 0 saturated carbocycles. The van der Waals surface area contributed by atoms with Crippen molar-refractivity contribution in [1.29, 1.82) is 0 Å². The van der Waals surface area contributed by atoms with Gasteiger partial charge in [0.05, 0.1) is 24.3 Å². The van der Waals surface area contributed by atoms with Crippen LogP contribution in [0.1, 0.15) is 48.6 Å². The van der Waals surface area contributed by atoms with E-state index in [1.807, 2.05) is 18.2 Å². The van der Waals surface area contributed by atoms with Crippen LogP contribution in [-0.4, -0.2) is 47.7 Å². The number of benzene rings is 1. The number of ether oxygens (including phenoxy) is 2. The van der Waals surface area contributed by atoms with Crippen LogP contribution >= 0.6 is 11.6 Å². The molecule has 1 aliphatic heterocycles. The molecule has 0 spiro atoms. The van der Waals surface area contributed by atoms with Gasteiger partial charge < -0.3 is 14.6 Å². The number of fused-ring (bicyclic) bond motifs is 1. The number of carbonyl (C=O) groups is 1. The number of aliphatic imine (C=N–C) groups is 1. The Kier molecular flexibility index (Phi) is 7.23. The number of aromatic nitrogens is 1. The number of pyridine rings is 1. The molecule has 0 radical (unpaired) electrons. The van der Waals surface area contributed by atoms with Crippen molar-refractivity contribution in [2.45, 2.75) is 44.8 Å². The Morgan fingerprint density at radius 1 is 1.27 bits per heavy atom. The number of nitrogens with zero attached hydrogens (tertiary/aromatic N) is 2. The summed E-state index contributed by atoms with van der Waals surface area (Å²) in [7, 11) is 1.62. The number of Topliss-reactive ketones (excluding diaryl/α,β-unsaturated/α-hetero) is 1. The van der Waals surface area contributed by atoms with Crippen molar-refractivity contribution in [3.63, 3.8) is 0 Å². The molecule has 1 N–H and O–H groups in total. The summed E-state index contributed by atoms with van der Waals surface area (Å²) in [5.74, 6) is 0.248. The lowest BCUT2D eigenvalue weighted by Gasteiger charge is -2.29. The monoisotopic (exact) mass is 430 g/mol. The highest BCUT2D eigenvalue weighted by Gasteiger charge is 2.30. The van der Waals surface area contributed by atoms with Gasteiger partial charge in [-0.3, -0.25) is 9.78 Å². The van der Waals surface area contributed by atoms with E-state index in [1.165, 1.54) is 0 Å². The van der Waals surface area contributed by atoms with Crippen LogP contribution in [-0.2, 0) is 27.2 Å². The zero-order valence-corrected chi connectivity index (χ0v) is 18.3. The predicted molar refractivity (Wildman–Crippen MR) is 116 cm³/mol. The van der Waals surface area contributed by atoms with Gasteiger partial charge in [-0.05, 0) is 43.2 Å². The molecule has 160 valence electrons. The van der Waals surface area contributed by atoms with Gasteiger partial charge in [0, 0.05) is 42.8 Å². The normalized spacial score (nSPS) is 14.2. The summed E-state index contributed by atoms with van der Waals surface area (Å²) in [6, 6.07) is 9.16. The van der Waals surface area contributed by atoms with Crippen LogP contribution in [0.15, 0.2) is 41.5 Å². The minimum absolute atomic E-state index is 0.0139. The molecule has 30 heavy (non-hydrogen) atoms. The second-order valence-electron chi connectivity index (χ2n) is 7.97. The second kappa shape index (κ2) is 9.69. The molecule has 1 aromatic carbocycles. The van der Waals surface area contributed by atoms with Crippen LogP contribution < -0.4 is 0 Å². The summed E-state index contributed by atoms with van der Waals surface area (Å²) >= 11 is 5.97. The topological polar surface area (TPSA) is 81.0 Å². The summed E-state index contributed by atoms with van der Waals surface area (Å²) in [5.41, 5.74) is 2.39. The lowest BCUT2D eigenvalue weighted by Crippen LogP contribution is -2.31. The lowest BCUT2D eigenvalue weighted by atomic mass is 9.80. The van der Waals surface area contributed by atoms with Crippen molar-refractivity contribution in [2.24, 2.45) is 4.99 Å². The molecule has 0 fully saturated rings. The molecule has 0 saturated heterocycles. The molecule has 7 heteroatoms. The Labute approximate surface area is 181 Å². The van der Waals surface area contributed by atoms with E-state index in [1.54, 1.807) is 39.3 Å². The van der Waals surface area contributed by atoms with Gasteiger partial charge in [0.2, 0.25) is 5.90 Å². The van der Waals surface area contributed by atoms with Crippen molar-refractivity contribution >= 4 is 23.3 Å². The van der Waals surface area contributed by atoms with Gasteiger partial charge in [0.15, 0.2) is 0 Å². The van der Waals surface area contributed by atoms with Gasteiger partial charge in [0.25, 0.3) is 0 Å². The third-order valence-electron chi connectivity index (χ3n) is 5.13.